The zero-order chi connectivity index (χ0) is 17.6. The maximum Gasteiger partial charge on any atom is 0.176 e. The molecule has 25 heavy (non-hydrogen) atoms. The van der Waals surface area contributed by atoms with Crippen molar-refractivity contribution in [3.63, 3.8) is 0 Å². The number of nitrogens with one attached hydrogen (secondary N) is 1. The third-order valence-corrected chi connectivity index (χ3v) is 4.88. The van der Waals surface area contributed by atoms with Gasteiger partial charge in [0.25, 0.3) is 0 Å². The molecule has 1 saturated heterocycles. The van der Waals surface area contributed by atoms with Gasteiger partial charge in [-0.05, 0) is 50.0 Å². The van der Waals surface area contributed by atoms with E-state index in [1.807, 2.05) is 6.07 Å². The zero-order valence-corrected chi connectivity index (χ0v) is 14.7. The number of nitrogens with zero attached hydrogens (tertiary/aromatic N) is 1. The quantitative estimate of drug-likeness (QED) is 0.779. The first-order valence-corrected chi connectivity index (χ1v) is 8.94. The highest BCUT2D eigenvalue weighted by Gasteiger charge is 2.23. The molecule has 0 amide bonds. The van der Waals surface area contributed by atoms with E-state index < -0.39 is 0 Å². The van der Waals surface area contributed by atoms with Gasteiger partial charge < -0.3 is 5.32 Å². The molecular formula is C21H25FN2O. The lowest BCUT2D eigenvalue weighted by molar-refractivity contribution is 0.0987. The number of ketones is 1. The Labute approximate surface area is 148 Å². The summed E-state index contributed by atoms with van der Waals surface area (Å²) in [5, 5.41) is 3.28. The van der Waals surface area contributed by atoms with E-state index in [4.69, 9.17) is 0 Å². The van der Waals surface area contributed by atoms with Crippen LogP contribution in [0.25, 0.3) is 0 Å². The molecule has 1 aliphatic heterocycles. The molecule has 0 aliphatic carbocycles. The maximum absolute atomic E-state index is 13.6. The number of aryl methyl sites for hydroxylation is 1. The summed E-state index contributed by atoms with van der Waals surface area (Å²) in [6.07, 6.45) is 2.45. The fraction of sp³-hybridized carbons (Fsp3) is 0.381. The van der Waals surface area contributed by atoms with Gasteiger partial charge in [0, 0.05) is 18.2 Å². The number of carbonyl (C=O) groups is 1. The van der Waals surface area contributed by atoms with Crippen LogP contribution in [0.3, 0.4) is 0 Å². The van der Waals surface area contributed by atoms with E-state index in [0.29, 0.717) is 17.7 Å². The van der Waals surface area contributed by atoms with Crippen LogP contribution in [0, 0.1) is 12.7 Å². The second-order valence-electron chi connectivity index (χ2n) is 6.69. The van der Waals surface area contributed by atoms with E-state index in [1.54, 1.807) is 19.1 Å². The lowest BCUT2D eigenvalue weighted by Crippen LogP contribution is -2.36. The number of rotatable bonds is 7. The largest absolute Gasteiger partial charge is 0.308 e. The van der Waals surface area contributed by atoms with Crippen molar-refractivity contribution in [2.24, 2.45) is 0 Å². The SMILES string of the molecule is Cc1ccc(C(=O)CNCC(c2ccccc2)N2CCCC2)cc1F. The summed E-state index contributed by atoms with van der Waals surface area (Å²) < 4.78 is 13.6. The minimum atomic E-state index is -0.329. The van der Waals surface area contributed by atoms with Gasteiger partial charge in [-0.1, -0.05) is 42.5 Å². The standard InChI is InChI=1S/C21H25FN2O/c1-16-9-10-18(13-19(16)22)21(25)15-23-14-20(24-11-5-6-12-24)17-7-3-2-4-8-17/h2-4,7-10,13,20,23H,5-6,11-12,14-15H2,1H3. The van der Waals surface area contributed by atoms with Crippen molar-refractivity contribution in [3.8, 4) is 0 Å². The predicted octanol–water partition coefficient (Wildman–Crippen LogP) is 3.74. The molecule has 3 rings (SSSR count). The molecule has 3 nitrogen and oxygen atoms in total. The molecule has 0 saturated carbocycles. The summed E-state index contributed by atoms with van der Waals surface area (Å²) in [7, 11) is 0. The summed E-state index contributed by atoms with van der Waals surface area (Å²) >= 11 is 0. The number of hydrogen-bond donors (Lipinski definition) is 1. The van der Waals surface area contributed by atoms with Crippen LogP contribution in [0.5, 0.6) is 0 Å². The number of likely N-dealkylation sites (tertiary alicyclic amines) is 1. The summed E-state index contributed by atoms with van der Waals surface area (Å²) in [6, 6.07) is 15.4. The first-order valence-electron chi connectivity index (χ1n) is 8.94. The second kappa shape index (κ2) is 8.37. The Kier molecular flexibility index (Phi) is 5.95. The van der Waals surface area contributed by atoms with Crippen molar-refractivity contribution in [3.05, 3.63) is 71.0 Å². The molecule has 2 aromatic rings. The van der Waals surface area contributed by atoms with Gasteiger partial charge in [-0.3, -0.25) is 9.69 Å². The van der Waals surface area contributed by atoms with Gasteiger partial charge in [0.05, 0.1) is 6.54 Å². The molecular weight excluding hydrogens is 315 g/mol. The van der Waals surface area contributed by atoms with Crippen molar-refractivity contribution >= 4 is 5.78 Å². The van der Waals surface area contributed by atoms with Crippen molar-refractivity contribution in [1.82, 2.24) is 10.2 Å². The molecule has 2 aromatic carbocycles. The van der Waals surface area contributed by atoms with Crippen molar-refractivity contribution < 1.29 is 9.18 Å². The number of benzene rings is 2. The minimum absolute atomic E-state index is 0.0767. The molecule has 1 aliphatic rings. The van der Waals surface area contributed by atoms with Crippen LogP contribution in [-0.4, -0.2) is 36.9 Å². The highest BCUT2D eigenvalue weighted by atomic mass is 19.1. The Bertz CT molecular complexity index is 711. The molecule has 0 spiro atoms. The maximum atomic E-state index is 13.6. The van der Waals surface area contributed by atoms with Crippen LogP contribution in [0.2, 0.25) is 0 Å². The molecule has 1 atom stereocenters. The fourth-order valence-corrected chi connectivity index (χ4v) is 3.38. The molecule has 1 unspecified atom stereocenters. The normalized spacial score (nSPS) is 16.1. The molecule has 0 bridgehead atoms. The molecule has 1 heterocycles. The highest BCUT2D eigenvalue weighted by Crippen LogP contribution is 2.24. The molecule has 132 valence electrons. The smallest absolute Gasteiger partial charge is 0.176 e. The lowest BCUT2D eigenvalue weighted by atomic mass is 10.0. The second-order valence-corrected chi connectivity index (χ2v) is 6.69. The van der Waals surface area contributed by atoms with E-state index in [-0.39, 0.29) is 24.2 Å². The monoisotopic (exact) mass is 340 g/mol. The van der Waals surface area contributed by atoms with Gasteiger partial charge in [0.1, 0.15) is 5.82 Å². The van der Waals surface area contributed by atoms with E-state index in [2.05, 4.69) is 34.5 Å². The Morgan fingerprint density at radius 1 is 1.16 bits per heavy atom. The molecule has 0 aromatic heterocycles. The first-order chi connectivity index (χ1) is 12.1. The third kappa shape index (κ3) is 4.53. The highest BCUT2D eigenvalue weighted by molar-refractivity contribution is 5.97. The van der Waals surface area contributed by atoms with Crippen molar-refractivity contribution in [2.45, 2.75) is 25.8 Å². The molecule has 0 radical (unpaired) electrons. The Hall–Kier alpha value is -2.04. The first kappa shape index (κ1) is 17.8. The minimum Gasteiger partial charge on any atom is -0.308 e. The third-order valence-electron chi connectivity index (χ3n) is 4.88. The van der Waals surface area contributed by atoms with Gasteiger partial charge in [-0.25, -0.2) is 4.39 Å². The Morgan fingerprint density at radius 3 is 2.56 bits per heavy atom. The Morgan fingerprint density at radius 2 is 1.88 bits per heavy atom. The van der Waals surface area contributed by atoms with Gasteiger partial charge in [-0.2, -0.15) is 0 Å². The average Bonchev–Trinajstić information content (AvgIpc) is 3.16. The van der Waals surface area contributed by atoms with Gasteiger partial charge >= 0.3 is 0 Å². The summed E-state index contributed by atoms with van der Waals surface area (Å²) in [5.74, 6) is -0.405. The van der Waals surface area contributed by atoms with Crippen molar-refractivity contribution in [1.29, 1.82) is 0 Å². The molecule has 1 fully saturated rings. The van der Waals surface area contributed by atoms with Crippen LogP contribution in [0.15, 0.2) is 48.5 Å². The van der Waals surface area contributed by atoms with Crippen LogP contribution in [0.4, 0.5) is 4.39 Å². The van der Waals surface area contributed by atoms with Crippen LogP contribution < -0.4 is 5.32 Å². The molecule has 4 heteroatoms. The topological polar surface area (TPSA) is 32.3 Å². The average molecular weight is 340 g/mol. The number of carbonyl (C=O) groups excluding carboxylic acids is 1. The lowest BCUT2D eigenvalue weighted by Gasteiger charge is -2.28. The van der Waals surface area contributed by atoms with Gasteiger partial charge in [-0.15, -0.1) is 0 Å². The predicted molar refractivity (Wildman–Crippen MR) is 98.3 cm³/mol. The Balaban J connectivity index is 1.61. The van der Waals surface area contributed by atoms with Gasteiger partial charge in [0.2, 0.25) is 0 Å². The van der Waals surface area contributed by atoms with Gasteiger partial charge in [0.15, 0.2) is 5.78 Å². The summed E-state index contributed by atoms with van der Waals surface area (Å²) in [4.78, 5) is 14.8. The number of halogens is 1. The summed E-state index contributed by atoms with van der Waals surface area (Å²) in [6.45, 7) is 4.82. The number of Topliss-reactive ketones (excluding diaryl/α,β-unsaturated/α-hetero) is 1. The number of hydrogen-bond acceptors (Lipinski definition) is 3. The summed E-state index contributed by atoms with van der Waals surface area (Å²) in [5.41, 5.74) is 2.25. The fourth-order valence-electron chi connectivity index (χ4n) is 3.38. The van der Waals surface area contributed by atoms with Crippen LogP contribution >= 0.6 is 0 Å². The van der Waals surface area contributed by atoms with E-state index in [1.165, 1.54) is 24.5 Å². The van der Waals surface area contributed by atoms with E-state index in [9.17, 15) is 9.18 Å². The van der Waals surface area contributed by atoms with Crippen LogP contribution in [-0.2, 0) is 0 Å². The van der Waals surface area contributed by atoms with E-state index >= 15 is 0 Å². The van der Waals surface area contributed by atoms with Crippen LogP contribution in [0.1, 0.15) is 40.4 Å². The van der Waals surface area contributed by atoms with E-state index in [0.717, 1.165) is 13.1 Å². The zero-order valence-electron chi connectivity index (χ0n) is 14.7. The van der Waals surface area contributed by atoms with Crippen molar-refractivity contribution in [2.75, 3.05) is 26.2 Å². The molecule has 1 N–H and O–H groups in total.